The van der Waals surface area contributed by atoms with Crippen molar-refractivity contribution in [2.75, 3.05) is 5.32 Å². The average molecular weight is 239 g/mol. The minimum absolute atomic E-state index is 0.401. The lowest BCUT2D eigenvalue weighted by Crippen LogP contribution is -1.97. The summed E-state index contributed by atoms with van der Waals surface area (Å²) in [5.74, 6) is 1.33. The Morgan fingerprint density at radius 1 is 1.47 bits per heavy atom. The molecule has 0 spiro atoms. The fourth-order valence-corrected chi connectivity index (χ4v) is 2.46. The third-order valence-corrected chi connectivity index (χ3v) is 3.52. The van der Waals surface area contributed by atoms with Crippen LogP contribution in [0, 0.1) is 0 Å². The highest BCUT2D eigenvalue weighted by Gasteiger charge is 2.06. The molecule has 2 rings (SSSR count). The van der Waals surface area contributed by atoms with Crippen molar-refractivity contribution in [1.29, 1.82) is 0 Å². The Morgan fingerprint density at radius 3 is 2.93 bits per heavy atom. The van der Waals surface area contributed by atoms with Gasteiger partial charge in [0.05, 0.1) is 6.54 Å². The van der Waals surface area contributed by atoms with Gasteiger partial charge in [-0.25, -0.2) is 4.98 Å². The molecule has 0 aromatic carbocycles. The molecule has 0 radical (unpaired) electrons. The Bertz CT molecular complexity index is 406. The van der Waals surface area contributed by atoms with E-state index in [1.165, 1.54) is 16.4 Å². The van der Waals surface area contributed by atoms with E-state index in [4.69, 9.17) is 0 Å². The first-order valence-corrected chi connectivity index (χ1v) is 6.51. The fourth-order valence-electron chi connectivity index (χ4n) is 1.12. The number of nitrogens with one attached hydrogen (secondary N) is 1. The molecule has 80 valence electrons. The summed E-state index contributed by atoms with van der Waals surface area (Å²) in [6.45, 7) is 5.04. The lowest BCUT2D eigenvalue weighted by Gasteiger charge is -1.98. The van der Waals surface area contributed by atoms with Gasteiger partial charge in [0.2, 0.25) is 5.13 Å². The van der Waals surface area contributed by atoms with Crippen LogP contribution in [0.25, 0.3) is 0 Å². The first-order valence-electron chi connectivity index (χ1n) is 4.85. The number of hydrogen-bond donors (Lipinski definition) is 1. The maximum atomic E-state index is 4.41. The van der Waals surface area contributed by atoms with Gasteiger partial charge in [-0.15, -0.1) is 11.3 Å². The van der Waals surface area contributed by atoms with Crippen LogP contribution in [0.1, 0.15) is 30.5 Å². The minimum atomic E-state index is 0.401. The van der Waals surface area contributed by atoms with E-state index in [9.17, 15) is 0 Å². The van der Waals surface area contributed by atoms with E-state index in [0.29, 0.717) is 5.92 Å². The molecular weight excluding hydrogens is 226 g/mol. The lowest BCUT2D eigenvalue weighted by atomic mass is 10.2. The van der Waals surface area contributed by atoms with Crippen LogP contribution in [0.5, 0.6) is 0 Å². The second kappa shape index (κ2) is 4.72. The maximum Gasteiger partial charge on any atom is 0.202 e. The molecule has 0 aliphatic rings. The van der Waals surface area contributed by atoms with E-state index in [2.05, 4.69) is 46.0 Å². The molecule has 0 saturated carbocycles. The molecule has 0 atom stereocenters. The van der Waals surface area contributed by atoms with Crippen molar-refractivity contribution in [2.45, 2.75) is 26.3 Å². The summed E-state index contributed by atoms with van der Waals surface area (Å²) in [6.07, 6.45) is 0. The molecule has 5 heteroatoms. The van der Waals surface area contributed by atoms with E-state index < -0.39 is 0 Å². The van der Waals surface area contributed by atoms with Crippen LogP contribution in [-0.2, 0) is 6.54 Å². The molecule has 2 aromatic heterocycles. The van der Waals surface area contributed by atoms with Gasteiger partial charge >= 0.3 is 0 Å². The Hall–Kier alpha value is -0.940. The number of aromatic nitrogens is 2. The maximum absolute atomic E-state index is 4.41. The molecule has 2 aromatic rings. The van der Waals surface area contributed by atoms with Crippen molar-refractivity contribution in [3.63, 3.8) is 0 Å². The van der Waals surface area contributed by atoms with E-state index in [1.807, 2.05) is 0 Å². The first-order chi connectivity index (χ1) is 7.25. The highest BCUT2D eigenvalue weighted by Crippen LogP contribution is 2.18. The Balaban J connectivity index is 1.94. The smallest absolute Gasteiger partial charge is 0.202 e. The minimum Gasteiger partial charge on any atom is -0.355 e. The molecule has 3 nitrogen and oxygen atoms in total. The van der Waals surface area contributed by atoms with Gasteiger partial charge < -0.3 is 5.32 Å². The second-order valence-electron chi connectivity index (χ2n) is 3.55. The van der Waals surface area contributed by atoms with E-state index >= 15 is 0 Å². The highest BCUT2D eigenvalue weighted by molar-refractivity contribution is 7.10. The third-order valence-electron chi connectivity index (χ3n) is 1.95. The summed E-state index contributed by atoms with van der Waals surface area (Å²) in [5, 5.41) is 6.27. The van der Waals surface area contributed by atoms with Crippen molar-refractivity contribution in [3.8, 4) is 0 Å². The molecule has 0 aliphatic heterocycles. The van der Waals surface area contributed by atoms with Crippen LogP contribution < -0.4 is 5.32 Å². The second-order valence-corrected chi connectivity index (χ2v) is 5.33. The van der Waals surface area contributed by atoms with Crippen LogP contribution in [0.2, 0.25) is 0 Å². The molecule has 2 heterocycles. The van der Waals surface area contributed by atoms with Crippen LogP contribution >= 0.6 is 22.9 Å². The molecule has 0 fully saturated rings. The van der Waals surface area contributed by atoms with Gasteiger partial charge in [-0.3, -0.25) is 0 Å². The Kier molecular flexibility index (Phi) is 3.33. The molecule has 0 unspecified atom stereocenters. The van der Waals surface area contributed by atoms with Gasteiger partial charge in [-0.05, 0) is 11.4 Å². The van der Waals surface area contributed by atoms with E-state index in [0.717, 1.165) is 17.5 Å². The first kappa shape index (κ1) is 10.6. The average Bonchev–Trinajstić information content (AvgIpc) is 2.86. The fraction of sp³-hybridized carbons (Fsp3) is 0.400. The monoisotopic (exact) mass is 239 g/mol. The van der Waals surface area contributed by atoms with Gasteiger partial charge in [-0.2, -0.15) is 4.37 Å². The Labute approximate surface area is 97.4 Å². The zero-order valence-corrected chi connectivity index (χ0v) is 10.4. The summed E-state index contributed by atoms with van der Waals surface area (Å²) >= 11 is 3.18. The van der Waals surface area contributed by atoms with Gasteiger partial charge in [-0.1, -0.05) is 19.9 Å². The number of anilines is 1. The van der Waals surface area contributed by atoms with Gasteiger partial charge in [0, 0.05) is 22.3 Å². The topological polar surface area (TPSA) is 37.8 Å². The van der Waals surface area contributed by atoms with Crippen LogP contribution in [-0.4, -0.2) is 9.36 Å². The van der Waals surface area contributed by atoms with Crippen LogP contribution in [0.4, 0.5) is 5.13 Å². The standard InChI is InChI=1S/C10H13N3S2/c1-7(2)9-12-10(15-13-9)11-6-8-4-3-5-14-8/h3-5,7H,6H2,1-2H3,(H,11,12,13). The van der Waals surface area contributed by atoms with Crippen molar-refractivity contribution in [3.05, 3.63) is 28.2 Å². The van der Waals surface area contributed by atoms with Crippen molar-refractivity contribution in [2.24, 2.45) is 0 Å². The predicted octanol–water partition coefficient (Wildman–Crippen LogP) is 3.34. The van der Waals surface area contributed by atoms with Gasteiger partial charge in [0.15, 0.2) is 0 Å². The number of thiophene rings is 1. The molecular formula is C10H13N3S2. The number of rotatable bonds is 4. The molecule has 1 N–H and O–H groups in total. The zero-order chi connectivity index (χ0) is 10.7. The van der Waals surface area contributed by atoms with E-state index in [-0.39, 0.29) is 0 Å². The molecule has 0 amide bonds. The van der Waals surface area contributed by atoms with Crippen LogP contribution in [0.3, 0.4) is 0 Å². The molecule has 0 bridgehead atoms. The quantitative estimate of drug-likeness (QED) is 0.889. The summed E-state index contributed by atoms with van der Waals surface area (Å²) in [4.78, 5) is 5.73. The van der Waals surface area contributed by atoms with Gasteiger partial charge in [0.1, 0.15) is 5.82 Å². The van der Waals surface area contributed by atoms with Crippen molar-refractivity contribution >= 4 is 28.0 Å². The highest BCUT2D eigenvalue weighted by atomic mass is 32.1. The predicted molar refractivity (Wildman–Crippen MR) is 65.6 cm³/mol. The molecule has 0 saturated heterocycles. The number of nitrogens with zero attached hydrogens (tertiary/aromatic N) is 2. The zero-order valence-electron chi connectivity index (χ0n) is 8.73. The molecule has 15 heavy (non-hydrogen) atoms. The van der Waals surface area contributed by atoms with Crippen molar-refractivity contribution < 1.29 is 0 Å². The SMILES string of the molecule is CC(C)c1nsc(NCc2cccs2)n1. The van der Waals surface area contributed by atoms with E-state index in [1.54, 1.807) is 11.3 Å². The Morgan fingerprint density at radius 2 is 2.33 bits per heavy atom. The van der Waals surface area contributed by atoms with Crippen molar-refractivity contribution in [1.82, 2.24) is 9.36 Å². The van der Waals surface area contributed by atoms with Crippen LogP contribution in [0.15, 0.2) is 17.5 Å². The third kappa shape index (κ3) is 2.76. The summed E-state index contributed by atoms with van der Waals surface area (Å²) in [5.41, 5.74) is 0. The lowest BCUT2D eigenvalue weighted by molar-refractivity contribution is 0.799. The van der Waals surface area contributed by atoms with Gasteiger partial charge in [0.25, 0.3) is 0 Å². The summed E-state index contributed by atoms with van der Waals surface area (Å²) in [7, 11) is 0. The largest absolute Gasteiger partial charge is 0.355 e. The number of hydrogen-bond acceptors (Lipinski definition) is 5. The summed E-state index contributed by atoms with van der Waals surface area (Å²) < 4.78 is 4.29. The normalized spacial score (nSPS) is 10.9. The summed E-state index contributed by atoms with van der Waals surface area (Å²) in [6, 6.07) is 4.17. The molecule has 0 aliphatic carbocycles.